The first-order chi connectivity index (χ1) is 10.3. The van der Waals surface area contributed by atoms with Crippen LogP contribution >= 0.6 is 0 Å². The molecule has 0 atom stereocenters. The van der Waals surface area contributed by atoms with Crippen LogP contribution < -0.4 is 5.32 Å². The number of sulfone groups is 1. The van der Waals surface area contributed by atoms with E-state index in [1.807, 2.05) is 0 Å². The van der Waals surface area contributed by atoms with Gasteiger partial charge in [0.05, 0.1) is 10.5 Å². The third-order valence-electron chi connectivity index (χ3n) is 3.06. The minimum absolute atomic E-state index is 0.0322. The maximum absolute atomic E-state index is 12.3. The van der Waals surface area contributed by atoms with Crippen LogP contribution in [0.2, 0.25) is 0 Å². The van der Waals surface area contributed by atoms with Crippen molar-refractivity contribution in [2.45, 2.75) is 11.8 Å². The van der Waals surface area contributed by atoms with E-state index in [-0.39, 0.29) is 16.2 Å². The minimum atomic E-state index is -3.51. The van der Waals surface area contributed by atoms with Gasteiger partial charge in [-0.25, -0.2) is 8.42 Å². The van der Waals surface area contributed by atoms with Gasteiger partial charge >= 0.3 is 0 Å². The molecule has 114 valence electrons. The van der Waals surface area contributed by atoms with Gasteiger partial charge in [-0.2, -0.15) is 0 Å². The number of ketones is 1. The molecular weight excluding hydrogens is 302 g/mol. The monoisotopic (exact) mass is 317 g/mol. The summed E-state index contributed by atoms with van der Waals surface area (Å²) in [6.07, 6.45) is 1.05. The number of Topliss-reactive ketones (excluding diaryl/α,β-unsaturated/α-hetero) is 1. The van der Waals surface area contributed by atoms with Crippen molar-refractivity contribution < 1.29 is 18.0 Å². The van der Waals surface area contributed by atoms with E-state index in [2.05, 4.69) is 5.32 Å². The molecule has 0 aliphatic carbocycles. The fourth-order valence-corrected chi connectivity index (χ4v) is 2.88. The van der Waals surface area contributed by atoms with E-state index < -0.39 is 15.7 Å². The number of hydrogen-bond donors (Lipinski definition) is 1. The highest BCUT2D eigenvalue weighted by molar-refractivity contribution is 7.90. The first-order valence-electron chi connectivity index (χ1n) is 6.50. The SMILES string of the molecule is CC(=O)c1cccc(NC(=O)c2ccccc2S(C)(=O)=O)c1. The minimum Gasteiger partial charge on any atom is -0.322 e. The van der Waals surface area contributed by atoms with E-state index in [1.54, 1.807) is 36.4 Å². The van der Waals surface area contributed by atoms with Gasteiger partial charge in [-0.15, -0.1) is 0 Å². The molecule has 1 amide bonds. The second-order valence-electron chi connectivity index (χ2n) is 4.86. The summed E-state index contributed by atoms with van der Waals surface area (Å²) in [6.45, 7) is 1.43. The summed E-state index contributed by atoms with van der Waals surface area (Å²) < 4.78 is 23.5. The first kappa shape index (κ1) is 15.9. The van der Waals surface area contributed by atoms with E-state index in [9.17, 15) is 18.0 Å². The second kappa shape index (κ2) is 6.11. The molecule has 0 radical (unpaired) electrons. The van der Waals surface area contributed by atoms with Gasteiger partial charge in [0.2, 0.25) is 0 Å². The lowest BCUT2D eigenvalue weighted by Crippen LogP contribution is -2.16. The number of carbonyl (C=O) groups excluding carboxylic acids is 2. The average molecular weight is 317 g/mol. The zero-order chi connectivity index (χ0) is 16.3. The van der Waals surface area contributed by atoms with Gasteiger partial charge in [0.1, 0.15) is 0 Å². The van der Waals surface area contributed by atoms with E-state index >= 15 is 0 Å². The van der Waals surface area contributed by atoms with Gasteiger partial charge < -0.3 is 5.32 Å². The molecule has 0 heterocycles. The quantitative estimate of drug-likeness (QED) is 0.879. The molecule has 0 saturated heterocycles. The van der Waals surface area contributed by atoms with Gasteiger partial charge in [-0.05, 0) is 31.2 Å². The fraction of sp³-hybridized carbons (Fsp3) is 0.125. The number of anilines is 1. The molecule has 0 fully saturated rings. The summed E-state index contributed by atoms with van der Waals surface area (Å²) in [5.74, 6) is -0.658. The zero-order valence-electron chi connectivity index (χ0n) is 12.2. The number of carbonyl (C=O) groups is 2. The van der Waals surface area contributed by atoms with Crippen molar-refractivity contribution in [2.75, 3.05) is 11.6 Å². The van der Waals surface area contributed by atoms with Crippen molar-refractivity contribution in [3.63, 3.8) is 0 Å². The van der Waals surface area contributed by atoms with Gasteiger partial charge in [0, 0.05) is 17.5 Å². The summed E-state index contributed by atoms with van der Waals surface area (Å²) in [6, 6.07) is 12.4. The van der Waals surface area contributed by atoms with Crippen LogP contribution in [0.25, 0.3) is 0 Å². The van der Waals surface area contributed by atoms with Crippen LogP contribution in [0.5, 0.6) is 0 Å². The summed E-state index contributed by atoms with van der Waals surface area (Å²) in [7, 11) is -3.51. The molecule has 0 aliphatic rings. The molecular formula is C16H15NO4S. The van der Waals surface area contributed by atoms with E-state index in [4.69, 9.17) is 0 Å². The smallest absolute Gasteiger partial charge is 0.256 e. The lowest BCUT2D eigenvalue weighted by atomic mass is 10.1. The molecule has 0 unspecified atom stereocenters. The Morgan fingerprint density at radius 2 is 1.68 bits per heavy atom. The normalized spacial score (nSPS) is 11.0. The van der Waals surface area contributed by atoms with Crippen molar-refractivity contribution in [1.29, 1.82) is 0 Å². The van der Waals surface area contributed by atoms with Crippen molar-refractivity contribution in [2.24, 2.45) is 0 Å². The highest BCUT2D eigenvalue weighted by Crippen LogP contribution is 2.18. The highest BCUT2D eigenvalue weighted by Gasteiger charge is 2.18. The first-order valence-corrected chi connectivity index (χ1v) is 8.39. The number of rotatable bonds is 4. The zero-order valence-corrected chi connectivity index (χ0v) is 13.0. The van der Waals surface area contributed by atoms with E-state index in [1.165, 1.54) is 19.1 Å². The van der Waals surface area contributed by atoms with Crippen LogP contribution in [0.1, 0.15) is 27.6 Å². The van der Waals surface area contributed by atoms with Crippen molar-refractivity contribution in [1.82, 2.24) is 0 Å². The van der Waals surface area contributed by atoms with Gasteiger partial charge in [0.25, 0.3) is 5.91 Å². The van der Waals surface area contributed by atoms with Crippen LogP contribution in [0.15, 0.2) is 53.4 Å². The summed E-state index contributed by atoms with van der Waals surface area (Å²) >= 11 is 0. The second-order valence-corrected chi connectivity index (χ2v) is 6.84. The van der Waals surface area contributed by atoms with Crippen molar-refractivity contribution in [3.05, 3.63) is 59.7 Å². The molecule has 0 bridgehead atoms. The molecule has 5 nitrogen and oxygen atoms in total. The van der Waals surface area contributed by atoms with Crippen LogP contribution in [-0.4, -0.2) is 26.4 Å². The summed E-state index contributed by atoms with van der Waals surface area (Å²) in [5, 5.41) is 2.61. The Morgan fingerprint density at radius 3 is 2.32 bits per heavy atom. The van der Waals surface area contributed by atoms with Gasteiger partial charge in [-0.1, -0.05) is 24.3 Å². The third-order valence-corrected chi connectivity index (χ3v) is 4.21. The van der Waals surface area contributed by atoms with Crippen LogP contribution in [0.4, 0.5) is 5.69 Å². The molecule has 2 aromatic carbocycles. The van der Waals surface area contributed by atoms with Crippen LogP contribution in [0.3, 0.4) is 0 Å². The number of hydrogen-bond acceptors (Lipinski definition) is 4. The molecule has 22 heavy (non-hydrogen) atoms. The number of amides is 1. The average Bonchev–Trinajstić information content (AvgIpc) is 2.46. The predicted octanol–water partition coefficient (Wildman–Crippen LogP) is 2.55. The number of nitrogens with one attached hydrogen (secondary N) is 1. The van der Waals surface area contributed by atoms with E-state index in [0.717, 1.165) is 6.26 Å². The molecule has 1 N–H and O–H groups in total. The largest absolute Gasteiger partial charge is 0.322 e. The number of benzene rings is 2. The predicted molar refractivity (Wildman–Crippen MR) is 84.0 cm³/mol. The van der Waals surface area contributed by atoms with Crippen LogP contribution in [0, 0.1) is 0 Å². The highest BCUT2D eigenvalue weighted by atomic mass is 32.2. The Kier molecular flexibility index (Phi) is 4.42. The maximum atomic E-state index is 12.3. The lowest BCUT2D eigenvalue weighted by molar-refractivity contribution is 0.101. The standard InChI is InChI=1S/C16H15NO4S/c1-11(18)12-6-5-7-13(10-12)17-16(19)14-8-3-4-9-15(14)22(2,20)21/h3-10H,1-2H3,(H,17,19). The summed E-state index contributed by atoms with van der Waals surface area (Å²) in [5.41, 5.74) is 0.966. The molecule has 2 aromatic rings. The molecule has 0 aliphatic heterocycles. The summed E-state index contributed by atoms with van der Waals surface area (Å²) in [4.78, 5) is 23.6. The maximum Gasteiger partial charge on any atom is 0.256 e. The molecule has 0 spiro atoms. The Hall–Kier alpha value is -2.47. The van der Waals surface area contributed by atoms with Crippen molar-refractivity contribution in [3.8, 4) is 0 Å². The van der Waals surface area contributed by atoms with Crippen LogP contribution in [-0.2, 0) is 9.84 Å². The Labute approximate surface area is 128 Å². The Bertz CT molecular complexity index is 841. The Morgan fingerprint density at radius 1 is 1.00 bits per heavy atom. The van der Waals surface area contributed by atoms with Gasteiger partial charge in [-0.3, -0.25) is 9.59 Å². The fourth-order valence-electron chi connectivity index (χ4n) is 1.99. The third kappa shape index (κ3) is 3.59. The Balaban J connectivity index is 2.35. The molecule has 6 heteroatoms. The van der Waals surface area contributed by atoms with Crippen molar-refractivity contribution >= 4 is 27.2 Å². The molecule has 2 rings (SSSR count). The van der Waals surface area contributed by atoms with Gasteiger partial charge in [0.15, 0.2) is 15.6 Å². The molecule has 0 aromatic heterocycles. The lowest BCUT2D eigenvalue weighted by Gasteiger charge is -2.09. The topological polar surface area (TPSA) is 80.3 Å². The van der Waals surface area contributed by atoms with E-state index in [0.29, 0.717) is 11.3 Å². The molecule has 0 saturated carbocycles.